The van der Waals surface area contributed by atoms with Gasteiger partial charge in [0, 0.05) is 12.7 Å². The number of methoxy groups -OCH3 is 1. The Labute approximate surface area is 180 Å². The van der Waals surface area contributed by atoms with Crippen LogP contribution in [-0.4, -0.2) is 36.2 Å². The van der Waals surface area contributed by atoms with Crippen molar-refractivity contribution in [2.24, 2.45) is 4.99 Å². The molecule has 2 aromatic carbocycles. The molecule has 1 N–H and O–H groups in total. The molecule has 0 atom stereocenters. The maximum atomic E-state index is 13.1. The van der Waals surface area contributed by atoms with E-state index in [1.807, 2.05) is 54.6 Å². The lowest BCUT2D eigenvalue weighted by Gasteiger charge is -2.20. The molecule has 0 saturated heterocycles. The minimum atomic E-state index is -0.282. The molecule has 1 aromatic heterocycles. The van der Waals surface area contributed by atoms with Gasteiger partial charge in [-0.05, 0) is 35.4 Å². The Morgan fingerprint density at radius 2 is 1.94 bits per heavy atom. The second kappa shape index (κ2) is 9.21. The topological polar surface area (TPSA) is 83.9 Å². The van der Waals surface area contributed by atoms with Gasteiger partial charge in [0.2, 0.25) is 11.8 Å². The van der Waals surface area contributed by atoms with Crippen molar-refractivity contribution in [2.75, 3.05) is 18.6 Å². The Bertz CT molecular complexity index is 1130. The Morgan fingerprint density at radius 1 is 1.10 bits per heavy atom. The smallest absolute Gasteiger partial charge is 0.240 e. The van der Waals surface area contributed by atoms with Gasteiger partial charge >= 0.3 is 0 Å². The molecule has 0 fully saturated rings. The van der Waals surface area contributed by atoms with Crippen molar-refractivity contribution in [3.05, 3.63) is 84.1 Å². The zero-order chi connectivity index (χ0) is 21.6. The van der Waals surface area contributed by atoms with E-state index in [2.05, 4.69) is 15.3 Å². The Morgan fingerprint density at radius 3 is 2.74 bits per heavy atom. The molecule has 31 heavy (non-hydrogen) atoms. The van der Waals surface area contributed by atoms with Crippen LogP contribution >= 0.6 is 0 Å². The van der Waals surface area contributed by atoms with Crippen LogP contribution in [0.4, 0.5) is 11.5 Å². The molecule has 0 radical (unpaired) electrons. The molecular formula is C24H22N4O3. The summed E-state index contributed by atoms with van der Waals surface area (Å²) in [6.45, 7) is 0.198. The van der Waals surface area contributed by atoms with E-state index in [1.165, 1.54) is 4.90 Å². The summed E-state index contributed by atoms with van der Waals surface area (Å²) in [6, 6.07) is 20.6. The van der Waals surface area contributed by atoms with Crippen LogP contribution < -0.4 is 15.0 Å². The van der Waals surface area contributed by atoms with Crippen LogP contribution in [0.5, 0.6) is 5.75 Å². The highest BCUT2D eigenvalue weighted by molar-refractivity contribution is 6.18. The molecule has 0 aliphatic carbocycles. The number of anilines is 1. The van der Waals surface area contributed by atoms with E-state index in [4.69, 9.17) is 4.74 Å². The number of ether oxygens (including phenoxy) is 1. The Kier molecular flexibility index (Phi) is 6.03. The number of rotatable bonds is 6. The van der Waals surface area contributed by atoms with Gasteiger partial charge in [-0.15, -0.1) is 0 Å². The number of hydrogen-bond acceptors (Lipinski definition) is 5. The molecule has 7 nitrogen and oxygen atoms in total. The lowest BCUT2D eigenvalue weighted by molar-refractivity contribution is -0.123. The number of fused-ring (bicyclic) bond motifs is 1. The molecule has 0 spiro atoms. The van der Waals surface area contributed by atoms with Gasteiger partial charge in [-0.25, -0.2) is 9.98 Å². The summed E-state index contributed by atoms with van der Waals surface area (Å²) in [5, 5.41) is 2.86. The number of pyridine rings is 1. The quantitative estimate of drug-likeness (QED) is 0.671. The zero-order valence-corrected chi connectivity index (χ0v) is 17.1. The first kappa shape index (κ1) is 20.3. The lowest BCUT2D eigenvalue weighted by atomic mass is 10.1. The average molecular weight is 414 g/mol. The van der Waals surface area contributed by atoms with Gasteiger partial charge in [0.15, 0.2) is 5.82 Å². The number of aromatic nitrogens is 1. The molecule has 0 saturated carbocycles. The van der Waals surface area contributed by atoms with Crippen LogP contribution in [0, 0.1) is 0 Å². The summed E-state index contributed by atoms with van der Waals surface area (Å²) in [4.78, 5) is 36.1. The highest BCUT2D eigenvalue weighted by Crippen LogP contribution is 2.30. The molecular weight excluding hydrogens is 392 g/mol. The number of carbonyl (C=O) groups excluding carboxylic acids is 2. The normalized spacial score (nSPS) is 13.1. The molecule has 0 unspecified atom stereocenters. The second-order valence-electron chi connectivity index (χ2n) is 7.06. The number of nitrogens with one attached hydrogen (secondary N) is 1. The van der Waals surface area contributed by atoms with Gasteiger partial charge in [-0.3, -0.25) is 14.5 Å². The van der Waals surface area contributed by atoms with Gasteiger partial charge in [-0.1, -0.05) is 42.5 Å². The van der Waals surface area contributed by atoms with Crippen molar-refractivity contribution in [3.63, 3.8) is 0 Å². The molecule has 156 valence electrons. The van der Waals surface area contributed by atoms with Gasteiger partial charge in [0.25, 0.3) is 0 Å². The largest absolute Gasteiger partial charge is 0.497 e. The standard InChI is InChI=1S/C24H22N4O3/c1-31-19-10-5-7-17(13-19)15-26-22(29)16-28-23(30)14-21(18-8-3-2-4-9-18)27-20-11-6-12-25-24(20)28/h2-13H,14-16H2,1H3,(H,26,29). The summed E-state index contributed by atoms with van der Waals surface area (Å²) < 4.78 is 5.21. The minimum Gasteiger partial charge on any atom is -0.497 e. The molecule has 4 rings (SSSR count). The van der Waals surface area contributed by atoms with Crippen molar-refractivity contribution in [2.45, 2.75) is 13.0 Å². The van der Waals surface area contributed by atoms with E-state index in [-0.39, 0.29) is 24.8 Å². The molecule has 2 amide bonds. The van der Waals surface area contributed by atoms with Crippen molar-refractivity contribution in [1.29, 1.82) is 0 Å². The number of benzene rings is 2. The predicted molar refractivity (Wildman–Crippen MR) is 119 cm³/mol. The van der Waals surface area contributed by atoms with Crippen LogP contribution in [-0.2, 0) is 16.1 Å². The third-order valence-electron chi connectivity index (χ3n) is 4.93. The first-order valence-electron chi connectivity index (χ1n) is 9.92. The van der Waals surface area contributed by atoms with Crippen molar-refractivity contribution < 1.29 is 14.3 Å². The monoisotopic (exact) mass is 414 g/mol. The van der Waals surface area contributed by atoms with Crippen LogP contribution in [0.15, 0.2) is 77.9 Å². The first-order chi connectivity index (χ1) is 15.1. The SMILES string of the molecule is COc1cccc(CNC(=O)CN2C(=O)CC(c3ccccc3)=Nc3cccnc32)c1. The fourth-order valence-corrected chi connectivity index (χ4v) is 3.37. The Hall–Kier alpha value is -4.00. The summed E-state index contributed by atoms with van der Waals surface area (Å²) in [7, 11) is 1.60. The molecule has 1 aliphatic rings. The zero-order valence-electron chi connectivity index (χ0n) is 17.1. The Balaban J connectivity index is 1.51. The van der Waals surface area contributed by atoms with E-state index >= 15 is 0 Å². The number of hydrogen-bond donors (Lipinski definition) is 1. The van der Waals surface area contributed by atoms with Crippen LogP contribution in [0.2, 0.25) is 0 Å². The summed E-state index contributed by atoms with van der Waals surface area (Å²) in [6.07, 6.45) is 1.68. The third-order valence-corrected chi connectivity index (χ3v) is 4.93. The summed E-state index contributed by atoms with van der Waals surface area (Å²) in [5.41, 5.74) is 2.99. The number of nitrogens with zero attached hydrogens (tertiary/aromatic N) is 3. The molecule has 3 aromatic rings. The van der Waals surface area contributed by atoms with Crippen LogP contribution in [0.3, 0.4) is 0 Å². The average Bonchev–Trinajstić information content (AvgIpc) is 2.95. The summed E-state index contributed by atoms with van der Waals surface area (Å²) >= 11 is 0. The van der Waals surface area contributed by atoms with Crippen molar-refractivity contribution >= 4 is 29.0 Å². The van der Waals surface area contributed by atoms with Gasteiger partial charge < -0.3 is 10.1 Å². The maximum Gasteiger partial charge on any atom is 0.240 e. The predicted octanol–water partition coefficient (Wildman–Crippen LogP) is 3.26. The van der Waals surface area contributed by atoms with E-state index in [0.29, 0.717) is 23.8 Å². The number of amides is 2. The molecule has 0 bridgehead atoms. The minimum absolute atomic E-state index is 0.0868. The molecule has 1 aliphatic heterocycles. The fraction of sp³-hybridized carbons (Fsp3) is 0.167. The lowest BCUT2D eigenvalue weighted by Crippen LogP contribution is -2.41. The van der Waals surface area contributed by atoms with E-state index in [0.717, 1.165) is 16.9 Å². The van der Waals surface area contributed by atoms with Crippen LogP contribution in [0.25, 0.3) is 0 Å². The molecule has 7 heteroatoms. The third kappa shape index (κ3) is 4.78. The van der Waals surface area contributed by atoms with Crippen LogP contribution in [0.1, 0.15) is 17.5 Å². The first-order valence-corrected chi connectivity index (χ1v) is 9.92. The van der Waals surface area contributed by atoms with E-state index in [1.54, 1.807) is 25.4 Å². The van der Waals surface area contributed by atoms with Crippen molar-refractivity contribution in [1.82, 2.24) is 10.3 Å². The number of aliphatic imine (C=N–C) groups is 1. The van der Waals surface area contributed by atoms with Gasteiger partial charge in [-0.2, -0.15) is 0 Å². The number of carbonyl (C=O) groups is 2. The summed E-state index contributed by atoms with van der Waals surface area (Å²) in [5.74, 6) is 0.598. The maximum absolute atomic E-state index is 13.1. The van der Waals surface area contributed by atoms with Crippen molar-refractivity contribution in [3.8, 4) is 5.75 Å². The fourth-order valence-electron chi connectivity index (χ4n) is 3.37. The van der Waals surface area contributed by atoms with Gasteiger partial charge in [0.1, 0.15) is 18.0 Å². The second-order valence-corrected chi connectivity index (χ2v) is 7.06. The van der Waals surface area contributed by atoms with Gasteiger partial charge in [0.05, 0.1) is 19.2 Å². The highest BCUT2D eigenvalue weighted by atomic mass is 16.5. The highest BCUT2D eigenvalue weighted by Gasteiger charge is 2.27. The molecule has 2 heterocycles. The van der Waals surface area contributed by atoms with E-state index < -0.39 is 0 Å². The van der Waals surface area contributed by atoms with E-state index in [9.17, 15) is 9.59 Å².